The molecule has 8 nitrogen and oxygen atoms in total. The number of carbonyl (C=O) groups excluding carboxylic acids is 1. The first kappa shape index (κ1) is 23.1. The van der Waals surface area contributed by atoms with Gasteiger partial charge in [0.25, 0.3) is 5.56 Å². The van der Waals surface area contributed by atoms with Crippen molar-refractivity contribution >= 4 is 27.6 Å². The lowest BCUT2D eigenvalue weighted by Crippen LogP contribution is -2.43. The molecular formula is C29H27N5O3. The summed E-state index contributed by atoms with van der Waals surface area (Å²) in [6.07, 6.45) is 3.13. The van der Waals surface area contributed by atoms with Gasteiger partial charge in [-0.25, -0.2) is 9.89 Å². The van der Waals surface area contributed by atoms with E-state index < -0.39 is 6.09 Å². The van der Waals surface area contributed by atoms with Crippen LogP contribution in [-0.4, -0.2) is 63.9 Å². The van der Waals surface area contributed by atoms with Crippen LogP contribution in [0.15, 0.2) is 83.9 Å². The largest absolute Gasteiger partial charge is 0.423 e. The number of H-pyrrole nitrogens is 1. The first-order valence-corrected chi connectivity index (χ1v) is 12.3. The Balaban J connectivity index is 1.17. The van der Waals surface area contributed by atoms with Crippen molar-refractivity contribution < 1.29 is 9.53 Å². The fraction of sp³-hybridized carbons (Fsp3) is 0.207. The summed E-state index contributed by atoms with van der Waals surface area (Å²) in [6, 6.07) is 20.8. The number of piperazine rings is 1. The maximum atomic E-state index is 12.9. The summed E-state index contributed by atoms with van der Waals surface area (Å²) in [5.41, 5.74) is 2.49. The van der Waals surface area contributed by atoms with Crippen LogP contribution in [0.4, 0.5) is 4.79 Å². The van der Waals surface area contributed by atoms with E-state index in [2.05, 4.69) is 45.2 Å². The molecular weight excluding hydrogens is 466 g/mol. The van der Waals surface area contributed by atoms with Crippen LogP contribution >= 0.6 is 0 Å². The molecule has 0 aliphatic carbocycles. The number of likely N-dealkylation sites (N-methyl/N-ethyl adjacent to an activating group) is 1. The SMILES string of the molecule is CN1CCN(Cc2ccc3cn(C(=O)Oc4ccc(-c5n[nH]c(=O)c6ccccc56)cc4)cc3c2)CC1. The fourth-order valence-corrected chi connectivity index (χ4v) is 4.83. The number of benzene rings is 3. The Bertz CT molecular complexity index is 1650. The molecule has 0 amide bonds. The van der Waals surface area contributed by atoms with Crippen LogP contribution in [0.3, 0.4) is 0 Å². The Morgan fingerprint density at radius 2 is 1.65 bits per heavy atom. The van der Waals surface area contributed by atoms with Gasteiger partial charge in [0, 0.05) is 61.5 Å². The maximum absolute atomic E-state index is 12.9. The van der Waals surface area contributed by atoms with Crippen molar-refractivity contribution in [3.05, 3.63) is 95.0 Å². The number of aromatic amines is 1. The average Bonchev–Trinajstić information content (AvgIpc) is 3.35. The Morgan fingerprint density at radius 1 is 0.919 bits per heavy atom. The zero-order valence-electron chi connectivity index (χ0n) is 20.6. The van der Waals surface area contributed by atoms with E-state index in [0.717, 1.165) is 54.4 Å². The zero-order chi connectivity index (χ0) is 25.4. The smallest absolute Gasteiger partial charge is 0.410 e. The van der Waals surface area contributed by atoms with Gasteiger partial charge in [0.2, 0.25) is 0 Å². The molecule has 1 saturated heterocycles. The molecule has 1 aliphatic rings. The molecule has 1 fully saturated rings. The predicted octanol–water partition coefficient (Wildman–Crippen LogP) is 4.34. The molecule has 1 N–H and O–H groups in total. The average molecular weight is 494 g/mol. The minimum atomic E-state index is -0.475. The zero-order valence-corrected chi connectivity index (χ0v) is 20.6. The molecule has 3 aromatic carbocycles. The molecule has 186 valence electrons. The van der Waals surface area contributed by atoms with Crippen LogP contribution in [-0.2, 0) is 6.54 Å². The highest BCUT2D eigenvalue weighted by Gasteiger charge is 2.15. The quantitative estimate of drug-likeness (QED) is 0.401. The lowest BCUT2D eigenvalue weighted by atomic mass is 10.1. The third-order valence-corrected chi connectivity index (χ3v) is 6.95. The van der Waals surface area contributed by atoms with Crippen molar-refractivity contribution in [3.8, 4) is 17.0 Å². The van der Waals surface area contributed by atoms with E-state index in [1.807, 2.05) is 36.5 Å². The van der Waals surface area contributed by atoms with Gasteiger partial charge < -0.3 is 9.64 Å². The first-order chi connectivity index (χ1) is 18.0. The van der Waals surface area contributed by atoms with Crippen molar-refractivity contribution in [1.82, 2.24) is 24.6 Å². The van der Waals surface area contributed by atoms with Crippen molar-refractivity contribution in [3.63, 3.8) is 0 Å². The molecule has 8 heteroatoms. The molecule has 1 aliphatic heterocycles. The summed E-state index contributed by atoms with van der Waals surface area (Å²) >= 11 is 0. The number of fused-ring (bicyclic) bond motifs is 2. The van der Waals surface area contributed by atoms with Gasteiger partial charge in [0.1, 0.15) is 5.75 Å². The second-order valence-corrected chi connectivity index (χ2v) is 9.55. The monoisotopic (exact) mass is 493 g/mol. The molecule has 0 radical (unpaired) electrons. The second-order valence-electron chi connectivity index (χ2n) is 9.55. The van der Waals surface area contributed by atoms with Crippen LogP contribution in [0.25, 0.3) is 32.8 Å². The molecule has 2 aromatic heterocycles. The summed E-state index contributed by atoms with van der Waals surface area (Å²) in [5, 5.41) is 10.1. The van der Waals surface area contributed by atoms with Gasteiger partial charge in [-0.15, -0.1) is 0 Å². The van der Waals surface area contributed by atoms with Crippen molar-refractivity contribution in [2.45, 2.75) is 6.54 Å². The minimum absolute atomic E-state index is 0.226. The van der Waals surface area contributed by atoms with E-state index in [9.17, 15) is 9.59 Å². The molecule has 0 bridgehead atoms. The molecule has 3 heterocycles. The Labute approximate surface area is 213 Å². The Kier molecular flexibility index (Phi) is 6.04. The number of nitrogens with one attached hydrogen (secondary N) is 1. The molecule has 0 atom stereocenters. The summed E-state index contributed by atoms with van der Waals surface area (Å²) < 4.78 is 7.10. The topological polar surface area (TPSA) is 83.5 Å². The van der Waals surface area contributed by atoms with Crippen LogP contribution in [0.5, 0.6) is 5.75 Å². The van der Waals surface area contributed by atoms with Crippen molar-refractivity contribution in [1.29, 1.82) is 0 Å². The Hall–Kier alpha value is -4.27. The standard InChI is InChI=1S/C29H27N5O3/c1-32-12-14-33(15-13-32)17-20-6-7-22-18-34(19-23(22)16-20)29(36)37-24-10-8-21(9-11-24)27-25-4-2-3-5-26(25)28(35)31-30-27/h2-11,16,18-19H,12-15,17H2,1H3,(H,31,35). The summed E-state index contributed by atoms with van der Waals surface area (Å²) in [6.45, 7) is 5.21. The van der Waals surface area contributed by atoms with Gasteiger partial charge in [-0.3, -0.25) is 14.3 Å². The van der Waals surface area contributed by atoms with E-state index in [-0.39, 0.29) is 5.56 Å². The minimum Gasteiger partial charge on any atom is -0.410 e. The number of nitrogens with zero attached hydrogens (tertiary/aromatic N) is 4. The second kappa shape index (κ2) is 9.65. The highest BCUT2D eigenvalue weighted by atomic mass is 16.6. The van der Waals surface area contributed by atoms with Gasteiger partial charge in [-0.1, -0.05) is 30.3 Å². The first-order valence-electron chi connectivity index (χ1n) is 12.3. The number of rotatable bonds is 4. The van der Waals surface area contributed by atoms with Crippen LogP contribution in [0, 0.1) is 0 Å². The van der Waals surface area contributed by atoms with E-state index in [1.165, 1.54) is 10.1 Å². The van der Waals surface area contributed by atoms with Crippen molar-refractivity contribution in [2.75, 3.05) is 33.2 Å². The van der Waals surface area contributed by atoms with E-state index in [4.69, 9.17) is 4.74 Å². The number of hydrogen-bond donors (Lipinski definition) is 1. The highest BCUT2D eigenvalue weighted by Crippen LogP contribution is 2.26. The number of carbonyl (C=O) groups is 1. The fourth-order valence-electron chi connectivity index (χ4n) is 4.83. The number of ether oxygens (including phenoxy) is 1. The van der Waals surface area contributed by atoms with Gasteiger partial charge in [-0.05, 0) is 54.4 Å². The Morgan fingerprint density at radius 3 is 2.43 bits per heavy atom. The molecule has 37 heavy (non-hydrogen) atoms. The maximum Gasteiger partial charge on any atom is 0.423 e. The van der Waals surface area contributed by atoms with Crippen LogP contribution < -0.4 is 10.3 Å². The molecule has 6 rings (SSSR count). The summed E-state index contributed by atoms with van der Waals surface area (Å²) in [7, 11) is 2.16. The third kappa shape index (κ3) is 4.76. The van der Waals surface area contributed by atoms with E-state index in [0.29, 0.717) is 16.8 Å². The van der Waals surface area contributed by atoms with E-state index >= 15 is 0 Å². The lowest BCUT2D eigenvalue weighted by Gasteiger charge is -2.32. The van der Waals surface area contributed by atoms with Gasteiger partial charge >= 0.3 is 6.09 Å². The molecule has 0 spiro atoms. The predicted molar refractivity (Wildman–Crippen MR) is 144 cm³/mol. The third-order valence-electron chi connectivity index (χ3n) is 6.95. The summed E-state index contributed by atoms with van der Waals surface area (Å²) in [4.78, 5) is 29.7. The molecule has 0 saturated carbocycles. The number of hydrogen-bond acceptors (Lipinski definition) is 6. The normalized spacial score (nSPS) is 14.8. The van der Waals surface area contributed by atoms with Crippen LogP contribution in [0.1, 0.15) is 5.56 Å². The number of aromatic nitrogens is 3. The van der Waals surface area contributed by atoms with Gasteiger partial charge in [-0.2, -0.15) is 5.10 Å². The summed E-state index contributed by atoms with van der Waals surface area (Å²) in [5.74, 6) is 0.427. The van der Waals surface area contributed by atoms with Gasteiger partial charge in [0.05, 0.1) is 11.1 Å². The molecule has 0 unspecified atom stereocenters. The van der Waals surface area contributed by atoms with Gasteiger partial charge in [0.15, 0.2) is 0 Å². The van der Waals surface area contributed by atoms with Crippen LogP contribution in [0.2, 0.25) is 0 Å². The highest BCUT2D eigenvalue weighted by molar-refractivity contribution is 5.93. The molecule has 5 aromatic rings. The lowest BCUT2D eigenvalue weighted by molar-refractivity contribution is 0.148. The van der Waals surface area contributed by atoms with Crippen molar-refractivity contribution in [2.24, 2.45) is 0 Å². The van der Waals surface area contributed by atoms with E-state index in [1.54, 1.807) is 24.4 Å².